The molecule has 7 nitrogen and oxygen atoms in total. The first-order valence-electron chi connectivity index (χ1n) is 7.53. The van der Waals surface area contributed by atoms with Crippen molar-refractivity contribution < 1.29 is 24.5 Å². The summed E-state index contributed by atoms with van der Waals surface area (Å²) >= 11 is 0. The molecule has 1 aliphatic heterocycles. The number of carbonyl (C=O) groups is 2. The van der Waals surface area contributed by atoms with Crippen molar-refractivity contribution in [3.8, 4) is 5.75 Å². The lowest BCUT2D eigenvalue weighted by Gasteiger charge is -2.14. The summed E-state index contributed by atoms with van der Waals surface area (Å²) < 4.78 is 6.47. The normalized spacial score (nSPS) is 15.1. The SMILES string of the molecule is O=C(O)c1cc2cc(OCCN3CCCC3)ccc2n1C(=O)O. The summed E-state index contributed by atoms with van der Waals surface area (Å²) in [4.78, 5) is 24.8. The Morgan fingerprint density at radius 2 is 1.87 bits per heavy atom. The number of benzene rings is 1. The van der Waals surface area contributed by atoms with Crippen molar-refractivity contribution in [2.45, 2.75) is 12.8 Å². The van der Waals surface area contributed by atoms with E-state index in [1.165, 1.54) is 18.9 Å². The molecule has 7 heteroatoms. The molecule has 0 spiro atoms. The molecule has 1 aliphatic rings. The van der Waals surface area contributed by atoms with Gasteiger partial charge in [-0.2, -0.15) is 0 Å². The zero-order valence-corrected chi connectivity index (χ0v) is 12.6. The fourth-order valence-corrected chi connectivity index (χ4v) is 2.95. The van der Waals surface area contributed by atoms with Gasteiger partial charge in [-0.25, -0.2) is 14.2 Å². The van der Waals surface area contributed by atoms with Crippen molar-refractivity contribution >= 4 is 23.0 Å². The monoisotopic (exact) mass is 318 g/mol. The number of carboxylic acid groups (broad SMARTS) is 2. The lowest BCUT2D eigenvalue weighted by Crippen LogP contribution is -2.25. The summed E-state index contributed by atoms with van der Waals surface area (Å²) in [5, 5.41) is 18.9. The van der Waals surface area contributed by atoms with E-state index in [1.54, 1.807) is 18.2 Å². The number of aromatic nitrogens is 1. The van der Waals surface area contributed by atoms with Gasteiger partial charge < -0.3 is 14.9 Å². The van der Waals surface area contributed by atoms with Crippen LogP contribution < -0.4 is 4.74 Å². The zero-order chi connectivity index (χ0) is 16.4. The summed E-state index contributed by atoms with van der Waals surface area (Å²) in [6, 6.07) is 6.25. The third-order valence-electron chi connectivity index (χ3n) is 4.06. The Hall–Kier alpha value is -2.54. The van der Waals surface area contributed by atoms with E-state index < -0.39 is 12.1 Å². The van der Waals surface area contributed by atoms with Crippen LogP contribution in [0, 0.1) is 0 Å². The number of aromatic carboxylic acids is 1. The number of fused-ring (bicyclic) bond motifs is 1. The highest BCUT2D eigenvalue weighted by Crippen LogP contribution is 2.25. The predicted molar refractivity (Wildman–Crippen MR) is 83.5 cm³/mol. The molecule has 2 aromatic rings. The Balaban J connectivity index is 1.78. The zero-order valence-electron chi connectivity index (χ0n) is 12.6. The molecule has 0 aliphatic carbocycles. The topological polar surface area (TPSA) is 92.0 Å². The molecule has 0 amide bonds. The van der Waals surface area contributed by atoms with Gasteiger partial charge in [0, 0.05) is 11.9 Å². The molecule has 2 heterocycles. The van der Waals surface area contributed by atoms with Crippen LogP contribution in [0.1, 0.15) is 23.3 Å². The van der Waals surface area contributed by atoms with Gasteiger partial charge >= 0.3 is 12.1 Å². The van der Waals surface area contributed by atoms with E-state index >= 15 is 0 Å². The Morgan fingerprint density at radius 1 is 1.13 bits per heavy atom. The number of likely N-dealkylation sites (tertiary alicyclic amines) is 1. The van der Waals surface area contributed by atoms with Crippen LogP contribution in [-0.4, -0.2) is 58.0 Å². The Labute approximate surface area is 132 Å². The third-order valence-corrected chi connectivity index (χ3v) is 4.06. The molecule has 0 radical (unpaired) electrons. The third kappa shape index (κ3) is 3.14. The van der Waals surface area contributed by atoms with Crippen molar-refractivity contribution in [1.29, 1.82) is 0 Å². The maximum atomic E-state index is 11.3. The van der Waals surface area contributed by atoms with Gasteiger partial charge in [-0.1, -0.05) is 0 Å². The Morgan fingerprint density at radius 3 is 2.52 bits per heavy atom. The van der Waals surface area contributed by atoms with Gasteiger partial charge in [0.25, 0.3) is 0 Å². The van der Waals surface area contributed by atoms with Crippen LogP contribution in [0.25, 0.3) is 10.9 Å². The van der Waals surface area contributed by atoms with Crippen LogP contribution in [0.4, 0.5) is 4.79 Å². The van der Waals surface area contributed by atoms with Crippen molar-refractivity contribution in [2.75, 3.05) is 26.2 Å². The van der Waals surface area contributed by atoms with Crippen molar-refractivity contribution in [3.63, 3.8) is 0 Å². The quantitative estimate of drug-likeness (QED) is 0.879. The van der Waals surface area contributed by atoms with Crippen LogP contribution in [-0.2, 0) is 0 Å². The highest BCUT2D eigenvalue weighted by atomic mass is 16.5. The van der Waals surface area contributed by atoms with Crippen molar-refractivity contribution in [2.24, 2.45) is 0 Å². The van der Waals surface area contributed by atoms with E-state index in [9.17, 15) is 14.7 Å². The molecular weight excluding hydrogens is 300 g/mol. The molecule has 1 saturated heterocycles. The number of rotatable bonds is 5. The first kappa shape index (κ1) is 15.4. The first-order chi connectivity index (χ1) is 11.1. The second-order valence-corrected chi connectivity index (χ2v) is 5.57. The fourth-order valence-electron chi connectivity index (χ4n) is 2.95. The van der Waals surface area contributed by atoms with E-state index in [0.717, 1.165) is 24.2 Å². The van der Waals surface area contributed by atoms with Gasteiger partial charge in [0.2, 0.25) is 0 Å². The van der Waals surface area contributed by atoms with Gasteiger partial charge in [-0.15, -0.1) is 0 Å². The van der Waals surface area contributed by atoms with Gasteiger partial charge in [-0.3, -0.25) is 4.90 Å². The Kier molecular flexibility index (Phi) is 4.20. The van der Waals surface area contributed by atoms with Crippen LogP contribution in [0.2, 0.25) is 0 Å². The van der Waals surface area contributed by atoms with E-state index in [4.69, 9.17) is 9.84 Å². The van der Waals surface area contributed by atoms with Crippen LogP contribution in [0.5, 0.6) is 5.75 Å². The minimum atomic E-state index is -1.32. The molecule has 1 aromatic heterocycles. The maximum Gasteiger partial charge on any atom is 0.416 e. The summed E-state index contributed by atoms with van der Waals surface area (Å²) in [6.45, 7) is 3.61. The summed E-state index contributed by atoms with van der Waals surface area (Å²) in [6.07, 6.45) is 1.14. The smallest absolute Gasteiger partial charge is 0.416 e. The number of hydrogen-bond donors (Lipinski definition) is 2. The highest BCUT2D eigenvalue weighted by Gasteiger charge is 2.19. The number of carboxylic acids is 1. The van der Waals surface area contributed by atoms with Crippen LogP contribution >= 0.6 is 0 Å². The molecule has 0 atom stereocenters. The molecule has 2 N–H and O–H groups in total. The molecule has 0 unspecified atom stereocenters. The minimum Gasteiger partial charge on any atom is -0.492 e. The lowest BCUT2D eigenvalue weighted by molar-refractivity contribution is 0.0684. The van der Waals surface area contributed by atoms with Gasteiger partial charge in [0.1, 0.15) is 18.1 Å². The first-order valence-corrected chi connectivity index (χ1v) is 7.53. The van der Waals surface area contributed by atoms with E-state index in [0.29, 0.717) is 23.3 Å². The van der Waals surface area contributed by atoms with E-state index in [1.807, 2.05) is 0 Å². The Bertz CT molecular complexity index is 746. The lowest BCUT2D eigenvalue weighted by atomic mass is 10.2. The number of hydrogen-bond acceptors (Lipinski definition) is 4. The second-order valence-electron chi connectivity index (χ2n) is 5.57. The van der Waals surface area contributed by atoms with E-state index in [2.05, 4.69) is 4.90 Å². The summed E-state index contributed by atoms with van der Waals surface area (Å²) in [5.41, 5.74) is 0.0588. The molecule has 23 heavy (non-hydrogen) atoms. The summed E-state index contributed by atoms with van der Waals surface area (Å²) in [7, 11) is 0. The average molecular weight is 318 g/mol. The minimum absolute atomic E-state index is 0.276. The molecule has 1 fully saturated rings. The predicted octanol–water partition coefficient (Wildman–Crippen LogP) is 2.34. The maximum absolute atomic E-state index is 11.3. The summed E-state index contributed by atoms with van der Waals surface area (Å²) in [5.74, 6) is -0.670. The molecule has 0 bridgehead atoms. The van der Waals surface area contributed by atoms with Crippen LogP contribution in [0.15, 0.2) is 24.3 Å². The second kappa shape index (κ2) is 6.29. The highest BCUT2D eigenvalue weighted by molar-refractivity contribution is 6.00. The number of ether oxygens (including phenoxy) is 1. The fraction of sp³-hybridized carbons (Fsp3) is 0.375. The number of nitrogens with zero attached hydrogens (tertiary/aromatic N) is 2. The molecule has 122 valence electrons. The largest absolute Gasteiger partial charge is 0.492 e. The van der Waals surface area contributed by atoms with Crippen molar-refractivity contribution in [3.05, 3.63) is 30.0 Å². The van der Waals surface area contributed by atoms with Gasteiger partial charge in [0.15, 0.2) is 0 Å². The van der Waals surface area contributed by atoms with Gasteiger partial charge in [0.05, 0.1) is 5.52 Å². The average Bonchev–Trinajstić information content (AvgIpc) is 3.13. The molecule has 0 saturated carbocycles. The van der Waals surface area contributed by atoms with Crippen molar-refractivity contribution in [1.82, 2.24) is 9.47 Å². The molecule has 1 aromatic carbocycles. The van der Waals surface area contributed by atoms with Gasteiger partial charge in [-0.05, 0) is 50.2 Å². The standard InChI is InChI=1S/C16H18N2O5/c19-15(20)14-10-11-9-12(3-4-13(11)18(14)16(21)22)23-8-7-17-5-1-2-6-17/h3-4,9-10H,1-2,5-8H2,(H,19,20)(H,21,22). The van der Waals surface area contributed by atoms with Crippen LogP contribution in [0.3, 0.4) is 0 Å². The molecular formula is C16H18N2O5. The van der Waals surface area contributed by atoms with E-state index in [-0.39, 0.29) is 5.69 Å². The molecule has 3 rings (SSSR count).